The molecule has 0 saturated heterocycles. The second kappa shape index (κ2) is 4.55. The smallest absolute Gasteiger partial charge is 0.166 e. The van der Waals surface area contributed by atoms with E-state index in [4.69, 9.17) is 16.3 Å². The van der Waals surface area contributed by atoms with Gasteiger partial charge in [-0.15, -0.1) is 0 Å². The lowest BCUT2D eigenvalue weighted by Gasteiger charge is -2.25. The summed E-state index contributed by atoms with van der Waals surface area (Å²) in [5.74, 6) is -2.04. The van der Waals surface area contributed by atoms with E-state index in [0.29, 0.717) is 0 Å². The van der Waals surface area contributed by atoms with Crippen molar-refractivity contribution in [2.24, 2.45) is 0 Å². The van der Waals surface area contributed by atoms with Gasteiger partial charge in [0.1, 0.15) is 5.75 Å². The molecular formula is C11H13ClF2O2. The molecule has 0 spiro atoms. The molecule has 5 heteroatoms. The Balaban J connectivity index is 3.57. The van der Waals surface area contributed by atoms with Crippen molar-refractivity contribution in [2.75, 3.05) is 13.7 Å². The average molecular weight is 251 g/mol. The minimum Gasteiger partial charge on any atom is -0.495 e. The van der Waals surface area contributed by atoms with E-state index < -0.39 is 17.0 Å². The molecule has 1 aromatic rings. The highest BCUT2D eigenvalue weighted by atomic mass is 35.5. The Morgan fingerprint density at radius 1 is 1.44 bits per heavy atom. The van der Waals surface area contributed by atoms with Gasteiger partial charge in [-0.1, -0.05) is 25.4 Å². The van der Waals surface area contributed by atoms with Crippen molar-refractivity contribution in [2.45, 2.75) is 19.3 Å². The molecule has 0 amide bonds. The molecule has 90 valence electrons. The quantitative estimate of drug-likeness (QED) is 0.836. The number of hydrogen-bond donors (Lipinski definition) is 1. The molecule has 16 heavy (non-hydrogen) atoms. The Labute approximate surface area is 97.8 Å². The third kappa shape index (κ3) is 2.13. The van der Waals surface area contributed by atoms with Gasteiger partial charge >= 0.3 is 0 Å². The summed E-state index contributed by atoms with van der Waals surface area (Å²) in [7, 11) is 1.31. The summed E-state index contributed by atoms with van der Waals surface area (Å²) in [5, 5.41) is 9.17. The number of rotatable bonds is 3. The normalized spacial score (nSPS) is 11.7. The van der Waals surface area contributed by atoms with Crippen LogP contribution in [0.1, 0.15) is 19.4 Å². The molecule has 0 aliphatic heterocycles. The van der Waals surface area contributed by atoms with Crippen LogP contribution in [0.2, 0.25) is 5.02 Å². The van der Waals surface area contributed by atoms with Crippen LogP contribution in [-0.2, 0) is 5.41 Å². The lowest BCUT2D eigenvalue weighted by atomic mass is 9.84. The first-order valence-corrected chi connectivity index (χ1v) is 5.05. The Hall–Kier alpha value is -0.870. The van der Waals surface area contributed by atoms with E-state index in [1.54, 1.807) is 13.8 Å². The number of methoxy groups -OCH3 is 1. The Morgan fingerprint density at radius 2 is 2.00 bits per heavy atom. The molecule has 0 saturated carbocycles. The predicted octanol–water partition coefficient (Wildman–Crippen LogP) is 2.90. The fourth-order valence-corrected chi connectivity index (χ4v) is 1.73. The number of halogens is 3. The third-order valence-electron chi connectivity index (χ3n) is 2.40. The summed E-state index contributed by atoms with van der Waals surface area (Å²) in [6.07, 6.45) is 0. The second-order valence-corrected chi connectivity index (χ2v) is 4.51. The summed E-state index contributed by atoms with van der Waals surface area (Å²) in [6, 6.07) is 0.854. The van der Waals surface area contributed by atoms with E-state index in [1.807, 2.05) is 0 Å². The molecule has 1 aromatic carbocycles. The number of hydrogen-bond acceptors (Lipinski definition) is 2. The summed E-state index contributed by atoms with van der Waals surface area (Å²) >= 11 is 5.76. The molecule has 0 heterocycles. The molecule has 0 aliphatic carbocycles. The van der Waals surface area contributed by atoms with Crippen molar-refractivity contribution >= 4 is 11.6 Å². The van der Waals surface area contributed by atoms with Crippen molar-refractivity contribution in [3.63, 3.8) is 0 Å². The van der Waals surface area contributed by atoms with Crippen LogP contribution in [0.4, 0.5) is 8.78 Å². The van der Waals surface area contributed by atoms with E-state index in [-0.39, 0.29) is 22.9 Å². The van der Waals surface area contributed by atoms with Crippen molar-refractivity contribution in [3.05, 3.63) is 28.3 Å². The fraction of sp³-hybridized carbons (Fsp3) is 0.455. The van der Waals surface area contributed by atoms with E-state index >= 15 is 0 Å². The van der Waals surface area contributed by atoms with Crippen LogP contribution in [0.25, 0.3) is 0 Å². The zero-order valence-corrected chi connectivity index (χ0v) is 10.0. The van der Waals surface area contributed by atoms with Crippen molar-refractivity contribution in [1.82, 2.24) is 0 Å². The predicted molar refractivity (Wildman–Crippen MR) is 58.0 cm³/mol. The van der Waals surface area contributed by atoms with Gasteiger partial charge in [0.15, 0.2) is 11.6 Å². The minimum absolute atomic E-state index is 0.0158. The van der Waals surface area contributed by atoms with Gasteiger partial charge in [0, 0.05) is 11.0 Å². The molecule has 0 radical (unpaired) electrons. The molecular weight excluding hydrogens is 238 g/mol. The molecule has 0 atom stereocenters. The molecule has 0 aromatic heterocycles. The molecule has 0 unspecified atom stereocenters. The van der Waals surface area contributed by atoms with Crippen LogP contribution < -0.4 is 4.74 Å². The van der Waals surface area contributed by atoms with Gasteiger partial charge in [0.05, 0.1) is 18.7 Å². The minimum atomic E-state index is -1.05. The van der Waals surface area contributed by atoms with Crippen LogP contribution in [0.3, 0.4) is 0 Å². The van der Waals surface area contributed by atoms with Gasteiger partial charge in [0.25, 0.3) is 0 Å². The SMILES string of the molecule is COc1c(Cl)cc(F)c(F)c1C(C)(C)CO. The van der Waals surface area contributed by atoms with Gasteiger partial charge in [-0.2, -0.15) is 0 Å². The second-order valence-electron chi connectivity index (χ2n) is 4.10. The molecule has 0 bridgehead atoms. The molecule has 0 fully saturated rings. The monoisotopic (exact) mass is 250 g/mol. The maximum absolute atomic E-state index is 13.7. The Morgan fingerprint density at radius 3 is 2.44 bits per heavy atom. The first-order valence-electron chi connectivity index (χ1n) is 4.68. The van der Waals surface area contributed by atoms with E-state index in [1.165, 1.54) is 7.11 Å². The summed E-state index contributed by atoms with van der Waals surface area (Å²) in [5.41, 5.74) is -1.02. The molecule has 0 aliphatic rings. The maximum atomic E-state index is 13.7. The van der Waals surface area contributed by atoms with Crippen molar-refractivity contribution in [1.29, 1.82) is 0 Å². The van der Waals surface area contributed by atoms with E-state index in [9.17, 15) is 13.9 Å². The highest BCUT2D eigenvalue weighted by molar-refractivity contribution is 6.32. The van der Waals surface area contributed by atoms with Gasteiger partial charge in [-0.25, -0.2) is 8.78 Å². The zero-order chi connectivity index (χ0) is 12.5. The lowest BCUT2D eigenvalue weighted by Crippen LogP contribution is -2.25. The van der Waals surface area contributed by atoms with Gasteiger partial charge in [-0.05, 0) is 6.07 Å². The highest BCUT2D eigenvalue weighted by Crippen LogP contribution is 2.39. The molecule has 2 nitrogen and oxygen atoms in total. The standard InChI is InChI=1S/C11H13ClF2O2/c1-11(2,5-15)8-9(14)7(13)4-6(12)10(8)16-3/h4,15H,5H2,1-3H3. The highest BCUT2D eigenvalue weighted by Gasteiger charge is 2.31. The van der Waals surface area contributed by atoms with E-state index in [0.717, 1.165) is 6.07 Å². The van der Waals surface area contributed by atoms with Crippen LogP contribution in [-0.4, -0.2) is 18.8 Å². The number of ether oxygens (including phenoxy) is 1. The van der Waals surface area contributed by atoms with Crippen LogP contribution in [0.5, 0.6) is 5.75 Å². The number of aliphatic hydroxyl groups is 1. The first kappa shape index (κ1) is 13.2. The first-order chi connectivity index (χ1) is 7.35. The lowest BCUT2D eigenvalue weighted by molar-refractivity contribution is 0.209. The summed E-state index contributed by atoms with van der Waals surface area (Å²) in [6.45, 7) is 2.80. The van der Waals surface area contributed by atoms with E-state index in [2.05, 4.69) is 0 Å². The number of aliphatic hydroxyl groups excluding tert-OH is 1. The van der Waals surface area contributed by atoms with Gasteiger partial charge in [0.2, 0.25) is 0 Å². The largest absolute Gasteiger partial charge is 0.495 e. The topological polar surface area (TPSA) is 29.5 Å². The summed E-state index contributed by atoms with van der Waals surface area (Å²) < 4.78 is 31.9. The molecule has 1 N–H and O–H groups in total. The number of benzene rings is 1. The molecule has 1 rings (SSSR count). The Kier molecular flexibility index (Phi) is 3.76. The Bertz CT molecular complexity index is 405. The average Bonchev–Trinajstić information content (AvgIpc) is 2.22. The van der Waals surface area contributed by atoms with Gasteiger partial charge in [-0.3, -0.25) is 0 Å². The maximum Gasteiger partial charge on any atom is 0.166 e. The van der Waals surface area contributed by atoms with Crippen molar-refractivity contribution < 1.29 is 18.6 Å². The van der Waals surface area contributed by atoms with Gasteiger partial charge < -0.3 is 9.84 Å². The third-order valence-corrected chi connectivity index (χ3v) is 2.68. The summed E-state index contributed by atoms with van der Waals surface area (Å²) in [4.78, 5) is 0. The van der Waals surface area contributed by atoms with Crippen LogP contribution in [0, 0.1) is 11.6 Å². The van der Waals surface area contributed by atoms with Crippen LogP contribution in [0.15, 0.2) is 6.07 Å². The van der Waals surface area contributed by atoms with Crippen LogP contribution >= 0.6 is 11.6 Å². The zero-order valence-electron chi connectivity index (χ0n) is 9.27. The fourth-order valence-electron chi connectivity index (χ4n) is 1.46. The van der Waals surface area contributed by atoms with Crippen molar-refractivity contribution in [3.8, 4) is 5.75 Å².